The van der Waals surface area contributed by atoms with Gasteiger partial charge in [-0.1, -0.05) is 23.8 Å². The predicted octanol–water partition coefficient (Wildman–Crippen LogP) is 4.29. The van der Waals surface area contributed by atoms with Gasteiger partial charge in [-0.3, -0.25) is 0 Å². The highest BCUT2D eigenvalue weighted by molar-refractivity contribution is 7.13. The first kappa shape index (κ1) is 12.0. The summed E-state index contributed by atoms with van der Waals surface area (Å²) in [5.41, 5.74) is 2.01. The molecule has 4 heteroatoms. The van der Waals surface area contributed by atoms with E-state index in [2.05, 4.69) is 11.9 Å². The van der Waals surface area contributed by atoms with E-state index in [1.807, 2.05) is 41.8 Å². The fourth-order valence-corrected chi connectivity index (χ4v) is 2.33. The number of ether oxygens (including phenoxy) is 1. The van der Waals surface area contributed by atoms with Crippen LogP contribution in [-0.4, -0.2) is 4.98 Å². The van der Waals surface area contributed by atoms with Gasteiger partial charge in [0.05, 0.1) is 4.88 Å². The van der Waals surface area contributed by atoms with Gasteiger partial charge in [0, 0.05) is 0 Å². The molecule has 96 valence electrons. The monoisotopic (exact) mass is 271 g/mol. The van der Waals surface area contributed by atoms with Gasteiger partial charge in [0.15, 0.2) is 0 Å². The molecule has 0 saturated carbocycles. The minimum Gasteiger partial charge on any atom is -0.487 e. The van der Waals surface area contributed by atoms with Gasteiger partial charge in [-0.05, 0) is 30.5 Å². The predicted molar refractivity (Wildman–Crippen MR) is 75.3 cm³/mol. The fraction of sp³-hybridized carbons (Fsp3) is 0.133. The van der Waals surface area contributed by atoms with Crippen molar-refractivity contribution >= 4 is 11.3 Å². The molecule has 0 aliphatic carbocycles. The minimum atomic E-state index is 0.415. The summed E-state index contributed by atoms with van der Waals surface area (Å²) in [7, 11) is 0. The number of aromatic nitrogens is 1. The van der Waals surface area contributed by atoms with E-state index in [1.165, 1.54) is 5.56 Å². The number of thiophene rings is 1. The summed E-state index contributed by atoms with van der Waals surface area (Å²) in [6, 6.07) is 11.9. The molecule has 3 aromatic rings. The molecule has 0 bridgehead atoms. The Kier molecular flexibility index (Phi) is 3.33. The molecule has 0 atom stereocenters. The molecule has 0 aliphatic rings. The van der Waals surface area contributed by atoms with Gasteiger partial charge < -0.3 is 9.15 Å². The average molecular weight is 271 g/mol. The van der Waals surface area contributed by atoms with Crippen LogP contribution in [0.2, 0.25) is 0 Å². The molecular weight excluding hydrogens is 258 g/mol. The second-order valence-corrected chi connectivity index (χ2v) is 5.17. The van der Waals surface area contributed by atoms with Gasteiger partial charge in [-0.15, -0.1) is 11.3 Å². The second-order valence-electron chi connectivity index (χ2n) is 4.22. The summed E-state index contributed by atoms with van der Waals surface area (Å²) in [5.74, 6) is 1.49. The van der Waals surface area contributed by atoms with E-state index in [1.54, 1.807) is 17.6 Å². The number of nitrogens with zero attached hydrogens (tertiary/aromatic N) is 1. The van der Waals surface area contributed by atoms with Crippen LogP contribution in [0.15, 0.2) is 52.5 Å². The number of oxazole rings is 1. The molecule has 0 unspecified atom stereocenters. The van der Waals surface area contributed by atoms with Crippen molar-refractivity contribution in [1.29, 1.82) is 0 Å². The maximum absolute atomic E-state index is 5.66. The van der Waals surface area contributed by atoms with Crippen molar-refractivity contribution in [2.24, 2.45) is 0 Å². The van der Waals surface area contributed by atoms with Gasteiger partial charge in [-0.2, -0.15) is 0 Å². The molecule has 0 aliphatic heterocycles. The molecule has 2 heterocycles. The van der Waals surface area contributed by atoms with Crippen molar-refractivity contribution in [2.45, 2.75) is 13.5 Å². The number of benzene rings is 1. The van der Waals surface area contributed by atoms with Crippen LogP contribution in [0, 0.1) is 6.92 Å². The van der Waals surface area contributed by atoms with Crippen LogP contribution >= 0.6 is 11.3 Å². The summed E-state index contributed by atoms with van der Waals surface area (Å²) in [6.45, 7) is 2.46. The summed E-state index contributed by atoms with van der Waals surface area (Å²) in [4.78, 5) is 5.43. The maximum Gasteiger partial charge on any atom is 0.236 e. The molecule has 3 rings (SSSR count). The quantitative estimate of drug-likeness (QED) is 0.710. The van der Waals surface area contributed by atoms with E-state index in [-0.39, 0.29) is 0 Å². The van der Waals surface area contributed by atoms with Crippen molar-refractivity contribution < 1.29 is 9.15 Å². The highest BCUT2D eigenvalue weighted by Gasteiger charge is 2.07. The van der Waals surface area contributed by atoms with Crippen LogP contribution in [0.5, 0.6) is 5.75 Å². The van der Waals surface area contributed by atoms with Crippen molar-refractivity contribution in [2.75, 3.05) is 0 Å². The molecule has 0 radical (unpaired) electrons. The first-order chi connectivity index (χ1) is 9.31. The zero-order chi connectivity index (χ0) is 13.1. The van der Waals surface area contributed by atoms with Crippen LogP contribution in [-0.2, 0) is 6.61 Å². The van der Waals surface area contributed by atoms with E-state index in [0.29, 0.717) is 12.5 Å². The SMILES string of the molecule is Cc1ccc(OCc2coc(-c3cccs3)n2)cc1. The van der Waals surface area contributed by atoms with Crippen LogP contribution in [0.4, 0.5) is 0 Å². The molecule has 19 heavy (non-hydrogen) atoms. The van der Waals surface area contributed by atoms with E-state index >= 15 is 0 Å². The third kappa shape index (κ3) is 2.85. The van der Waals surface area contributed by atoms with Crippen molar-refractivity contribution in [1.82, 2.24) is 4.98 Å². The smallest absolute Gasteiger partial charge is 0.236 e. The van der Waals surface area contributed by atoms with E-state index in [0.717, 1.165) is 16.3 Å². The van der Waals surface area contributed by atoms with Gasteiger partial charge in [-0.25, -0.2) is 4.98 Å². The Bertz CT molecular complexity index is 641. The molecule has 2 aromatic heterocycles. The number of aryl methyl sites for hydroxylation is 1. The van der Waals surface area contributed by atoms with E-state index in [9.17, 15) is 0 Å². The second kappa shape index (κ2) is 5.28. The maximum atomic E-state index is 5.66. The van der Waals surface area contributed by atoms with E-state index in [4.69, 9.17) is 9.15 Å². The lowest BCUT2D eigenvalue weighted by Crippen LogP contribution is -1.95. The Labute approximate surface area is 115 Å². The third-order valence-electron chi connectivity index (χ3n) is 2.69. The van der Waals surface area contributed by atoms with Gasteiger partial charge >= 0.3 is 0 Å². The lowest BCUT2D eigenvalue weighted by atomic mass is 10.2. The van der Waals surface area contributed by atoms with Crippen LogP contribution in [0.25, 0.3) is 10.8 Å². The Balaban J connectivity index is 1.66. The lowest BCUT2D eigenvalue weighted by Gasteiger charge is -2.03. The molecular formula is C15H13NO2S. The zero-order valence-corrected chi connectivity index (χ0v) is 11.3. The van der Waals surface area contributed by atoms with Gasteiger partial charge in [0.25, 0.3) is 0 Å². The largest absolute Gasteiger partial charge is 0.487 e. The number of rotatable bonds is 4. The van der Waals surface area contributed by atoms with Gasteiger partial charge in [0.2, 0.25) is 5.89 Å². The molecule has 0 N–H and O–H groups in total. The first-order valence-electron chi connectivity index (χ1n) is 5.99. The molecule has 0 spiro atoms. The highest BCUT2D eigenvalue weighted by atomic mass is 32.1. The third-order valence-corrected chi connectivity index (χ3v) is 3.55. The highest BCUT2D eigenvalue weighted by Crippen LogP contribution is 2.24. The standard InChI is InChI=1S/C15H13NO2S/c1-11-4-6-13(7-5-11)17-9-12-10-18-15(16-12)14-3-2-8-19-14/h2-8,10H,9H2,1H3. The van der Waals surface area contributed by atoms with Crippen molar-refractivity contribution in [3.8, 4) is 16.5 Å². The topological polar surface area (TPSA) is 35.3 Å². The van der Waals surface area contributed by atoms with Crippen molar-refractivity contribution in [3.05, 3.63) is 59.3 Å². The molecule has 0 saturated heterocycles. The zero-order valence-electron chi connectivity index (χ0n) is 10.5. The summed E-state index contributed by atoms with van der Waals surface area (Å²) in [6.07, 6.45) is 1.64. The van der Waals surface area contributed by atoms with E-state index < -0.39 is 0 Å². The minimum absolute atomic E-state index is 0.415. The first-order valence-corrected chi connectivity index (χ1v) is 6.87. The molecule has 3 nitrogen and oxygen atoms in total. The fourth-order valence-electron chi connectivity index (χ4n) is 1.68. The number of hydrogen-bond donors (Lipinski definition) is 0. The van der Waals surface area contributed by atoms with Crippen LogP contribution in [0.3, 0.4) is 0 Å². The Morgan fingerprint density at radius 2 is 2.05 bits per heavy atom. The molecule has 0 fully saturated rings. The average Bonchev–Trinajstić information content (AvgIpc) is 3.09. The summed E-state index contributed by atoms with van der Waals surface area (Å²) < 4.78 is 11.1. The summed E-state index contributed by atoms with van der Waals surface area (Å²) >= 11 is 1.61. The van der Waals surface area contributed by atoms with Crippen LogP contribution < -0.4 is 4.74 Å². The Morgan fingerprint density at radius 1 is 1.21 bits per heavy atom. The number of hydrogen-bond acceptors (Lipinski definition) is 4. The van der Waals surface area contributed by atoms with Gasteiger partial charge in [0.1, 0.15) is 24.3 Å². The van der Waals surface area contributed by atoms with Crippen LogP contribution in [0.1, 0.15) is 11.3 Å². The molecule has 1 aromatic carbocycles. The van der Waals surface area contributed by atoms with Crippen molar-refractivity contribution in [3.63, 3.8) is 0 Å². The molecule has 0 amide bonds. The lowest BCUT2D eigenvalue weighted by molar-refractivity contribution is 0.301. The Hall–Kier alpha value is -2.07. The normalized spacial score (nSPS) is 10.6. The summed E-state index contributed by atoms with van der Waals surface area (Å²) in [5, 5.41) is 2.00. The Morgan fingerprint density at radius 3 is 2.79 bits per heavy atom.